The van der Waals surface area contributed by atoms with Crippen LogP contribution in [0.4, 0.5) is 5.69 Å². The first-order valence-electron chi connectivity index (χ1n) is 6.61. The highest BCUT2D eigenvalue weighted by atomic mass is 32.2. The fourth-order valence-electron chi connectivity index (χ4n) is 2.44. The van der Waals surface area contributed by atoms with Gasteiger partial charge in [-0.05, 0) is 37.5 Å². The van der Waals surface area contributed by atoms with Gasteiger partial charge in [-0.2, -0.15) is 4.31 Å². The molecule has 0 aliphatic carbocycles. The van der Waals surface area contributed by atoms with Gasteiger partial charge < -0.3 is 16.6 Å². The monoisotopic (exact) mass is 313 g/mol. The number of nitrogen functional groups attached to an aromatic ring is 1. The van der Waals surface area contributed by atoms with Crippen LogP contribution in [0.5, 0.6) is 0 Å². The van der Waals surface area contributed by atoms with E-state index in [0.717, 1.165) is 0 Å². The van der Waals surface area contributed by atoms with Crippen LogP contribution in [0.2, 0.25) is 0 Å². The zero-order valence-electron chi connectivity index (χ0n) is 11.7. The van der Waals surface area contributed by atoms with Gasteiger partial charge in [-0.1, -0.05) is 0 Å². The van der Waals surface area contributed by atoms with Crippen LogP contribution in [-0.2, 0) is 10.0 Å². The third-order valence-corrected chi connectivity index (χ3v) is 5.72. The summed E-state index contributed by atoms with van der Waals surface area (Å²) in [5.41, 5.74) is 11.0. The molecular formula is C13H19N3O4S. The lowest BCUT2D eigenvalue weighted by atomic mass is 10.0. The van der Waals surface area contributed by atoms with Crippen LogP contribution >= 0.6 is 0 Å². The van der Waals surface area contributed by atoms with Gasteiger partial charge in [-0.25, -0.2) is 8.42 Å². The lowest BCUT2D eigenvalue weighted by Gasteiger charge is -2.19. The van der Waals surface area contributed by atoms with Crippen molar-refractivity contribution in [2.24, 2.45) is 11.7 Å². The van der Waals surface area contributed by atoms with E-state index in [1.807, 2.05) is 0 Å². The molecule has 7 nitrogen and oxygen atoms in total. The van der Waals surface area contributed by atoms with E-state index in [9.17, 15) is 18.3 Å². The fourth-order valence-corrected chi connectivity index (χ4v) is 4.05. The van der Waals surface area contributed by atoms with Crippen molar-refractivity contribution in [1.29, 1.82) is 0 Å². The van der Waals surface area contributed by atoms with Gasteiger partial charge in [0.1, 0.15) is 4.90 Å². The third kappa shape index (κ3) is 3.02. The number of nitrogens with zero attached hydrogens (tertiary/aromatic N) is 1. The van der Waals surface area contributed by atoms with Gasteiger partial charge in [0, 0.05) is 18.7 Å². The van der Waals surface area contributed by atoms with Gasteiger partial charge in [0.15, 0.2) is 0 Å². The molecule has 116 valence electrons. The summed E-state index contributed by atoms with van der Waals surface area (Å²) in [5.74, 6) is -0.744. The number of sulfonamides is 1. The first kappa shape index (κ1) is 15.7. The number of aliphatic hydroxyl groups is 1. The number of aliphatic hydroxyl groups excluding tert-OH is 1. The summed E-state index contributed by atoms with van der Waals surface area (Å²) < 4.78 is 26.4. The minimum absolute atomic E-state index is 0.00760. The Kier molecular flexibility index (Phi) is 4.22. The Morgan fingerprint density at radius 1 is 1.48 bits per heavy atom. The first-order valence-corrected chi connectivity index (χ1v) is 8.05. The molecule has 1 heterocycles. The summed E-state index contributed by atoms with van der Waals surface area (Å²) in [6.45, 7) is 2.25. The number of amides is 1. The van der Waals surface area contributed by atoms with Crippen molar-refractivity contribution in [3.63, 3.8) is 0 Å². The molecule has 0 aromatic heterocycles. The third-order valence-electron chi connectivity index (χ3n) is 3.78. The standard InChI is InChI=1S/C13H19N3O4S/c1-8(17)10-4-5-16(7-10)21(19,20)12-3-2-9(13(15)18)6-11(12)14/h2-3,6,8,10,17H,4-5,7,14H2,1H3,(H2,15,18). The van der Waals surface area contributed by atoms with E-state index in [1.54, 1.807) is 6.92 Å². The minimum Gasteiger partial charge on any atom is -0.398 e. The van der Waals surface area contributed by atoms with Crippen LogP contribution in [0.25, 0.3) is 0 Å². The van der Waals surface area contributed by atoms with Crippen molar-refractivity contribution < 1.29 is 18.3 Å². The molecule has 1 aliphatic heterocycles. The molecule has 0 radical (unpaired) electrons. The zero-order valence-corrected chi connectivity index (χ0v) is 12.5. The van der Waals surface area contributed by atoms with Crippen molar-refractivity contribution >= 4 is 21.6 Å². The maximum absolute atomic E-state index is 12.6. The Morgan fingerprint density at radius 3 is 2.62 bits per heavy atom. The molecule has 0 spiro atoms. The largest absolute Gasteiger partial charge is 0.398 e. The van der Waals surface area contributed by atoms with E-state index in [2.05, 4.69) is 0 Å². The van der Waals surface area contributed by atoms with Crippen molar-refractivity contribution in [2.75, 3.05) is 18.8 Å². The van der Waals surface area contributed by atoms with Crippen LogP contribution < -0.4 is 11.5 Å². The van der Waals surface area contributed by atoms with Crippen LogP contribution in [0.3, 0.4) is 0 Å². The molecule has 2 unspecified atom stereocenters. The van der Waals surface area contributed by atoms with E-state index in [0.29, 0.717) is 13.0 Å². The summed E-state index contributed by atoms with van der Waals surface area (Å²) in [6.07, 6.45) is 0.0516. The van der Waals surface area contributed by atoms with E-state index in [4.69, 9.17) is 11.5 Å². The number of hydrogen-bond donors (Lipinski definition) is 3. The number of anilines is 1. The number of rotatable bonds is 4. The smallest absolute Gasteiger partial charge is 0.248 e. The van der Waals surface area contributed by atoms with Crippen molar-refractivity contribution in [1.82, 2.24) is 4.31 Å². The molecule has 5 N–H and O–H groups in total. The van der Waals surface area contributed by atoms with Gasteiger partial charge in [0.05, 0.1) is 11.8 Å². The zero-order chi connectivity index (χ0) is 15.8. The van der Waals surface area contributed by atoms with Gasteiger partial charge in [-0.15, -0.1) is 0 Å². The predicted octanol–water partition coefficient (Wildman–Crippen LogP) is -0.241. The van der Waals surface area contributed by atoms with Crippen LogP contribution in [0, 0.1) is 5.92 Å². The average molecular weight is 313 g/mol. The lowest BCUT2D eigenvalue weighted by Crippen LogP contribution is -2.31. The molecule has 0 bridgehead atoms. The lowest BCUT2D eigenvalue weighted by molar-refractivity contribution is 0.1000. The maximum Gasteiger partial charge on any atom is 0.248 e. The van der Waals surface area contributed by atoms with Crippen LogP contribution in [0.1, 0.15) is 23.7 Å². The van der Waals surface area contributed by atoms with E-state index in [-0.39, 0.29) is 28.6 Å². The normalized spacial score (nSPS) is 21.3. The summed E-state index contributed by atoms with van der Waals surface area (Å²) in [5, 5.41) is 9.56. The SMILES string of the molecule is CC(O)C1CCN(S(=O)(=O)c2ccc(C(N)=O)cc2N)C1. The van der Waals surface area contributed by atoms with E-state index in [1.165, 1.54) is 22.5 Å². The Morgan fingerprint density at radius 2 is 2.14 bits per heavy atom. The Labute approximate surface area is 123 Å². The van der Waals surface area contributed by atoms with E-state index >= 15 is 0 Å². The first-order chi connectivity index (χ1) is 9.73. The molecule has 8 heteroatoms. The topological polar surface area (TPSA) is 127 Å². The molecule has 1 amide bonds. The number of carbonyl (C=O) groups is 1. The Hall–Kier alpha value is -1.64. The highest BCUT2D eigenvalue weighted by Gasteiger charge is 2.35. The van der Waals surface area contributed by atoms with E-state index < -0.39 is 22.0 Å². The summed E-state index contributed by atoms with van der Waals surface area (Å²) >= 11 is 0. The molecule has 2 rings (SSSR count). The predicted molar refractivity (Wildman–Crippen MR) is 77.9 cm³/mol. The molecule has 2 atom stereocenters. The average Bonchev–Trinajstić information content (AvgIpc) is 2.88. The number of nitrogens with two attached hydrogens (primary N) is 2. The second-order valence-electron chi connectivity index (χ2n) is 5.27. The Balaban J connectivity index is 2.31. The van der Waals surface area contributed by atoms with Crippen LogP contribution in [0.15, 0.2) is 23.1 Å². The Bertz CT molecular complexity index is 657. The van der Waals surface area contributed by atoms with Gasteiger partial charge >= 0.3 is 0 Å². The molecule has 1 fully saturated rings. The fraction of sp³-hybridized carbons (Fsp3) is 0.462. The molecule has 1 aromatic rings. The highest BCUT2D eigenvalue weighted by Crippen LogP contribution is 2.29. The second kappa shape index (κ2) is 5.63. The molecule has 1 aliphatic rings. The summed E-state index contributed by atoms with van der Waals surface area (Å²) in [7, 11) is -3.73. The molecule has 0 saturated carbocycles. The second-order valence-corrected chi connectivity index (χ2v) is 7.18. The number of benzene rings is 1. The molecular weight excluding hydrogens is 294 g/mol. The highest BCUT2D eigenvalue weighted by molar-refractivity contribution is 7.89. The summed E-state index contributed by atoms with van der Waals surface area (Å²) in [6, 6.07) is 3.89. The van der Waals surface area contributed by atoms with Crippen molar-refractivity contribution in [3.8, 4) is 0 Å². The number of primary amides is 1. The molecule has 1 saturated heterocycles. The number of hydrogen-bond acceptors (Lipinski definition) is 5. The van der Waals surface area contributed by atoms with Crippen molar-refractivity contribution in [2.45, 2.75) is 24.3 Å². The van der Waals surface area contributed by atoms with Gasteiger partial charge in [0.2, 0.25) is 15.9 Å². The van der Waals surface area contributed by atoms with Gasteiger partial charge in [0.25, 0.3) is 0 Å². The number of carbonyl (C=O) groups excluding carboxylic acids is 1. The molecule has 1 aromatic carbocycles. The quantitative estimate of drug-likeness (QED) is 0.661. The summed E-state index contributed by atoms with van der Waals surface area (Å²) in [4.78, 5) is 11.0. The minimum atomic E-state index is -3.73. The van der Waals surface area contributed by atoms with Gasteiger partial charge in [-0.3, -0.25) is 4.79 Å². The maximum atomic E-state index is 12.6. The van der Waals surface area contributed by atoms with Crippen molar-refractivity contribution in [3.05, 3.63) is 23.8 Å². The van der Waals surface area contributed by atoms with Crippen LogP contribution in [-0.4, -0.2) is 42.9 Å². The molecule has 21 heavy (non-hydrogen) atoms.